The van der Waals surface area contributed by atoms with E-state index in [1.807, 2.05) is 0 Å². The van der Waals surface area contributed by atoms with Crippen molar-refractivity contribution in [3.8, 4) is 16.3 Å². The Hall–Kier alpha value is -3.51. The van der Waals surface area contributed by atoms with E-state index in [4.69, 9.17) is 9.84 Å². The number of aromatic nitrogens is 1. The smallest absolute Gasteiger partial charge is 0.416 e. The number of carboxylic acids is 1. The van der Waals surface area contributed by atoms with Crippen molar-refractivity contribution in [2.45, 2.75) is 36.6 Å². The number of thioether (sulfide) groups is 1. The zero-order valence-electron chi connectivity index (χ0n) is 21.0. The first-order valence-electron chi connectivity index (χ1n) is 11.7. The number of hydrogen-bond acceptors (Lipinski definition) is 5. The molecule has 0 fully saturated rings. The molecule has 0 aliphatic carbocycles. The average molecular weight is 598 g/mol. The molecule has 0 aliphatic rings. The molecule has 0 radical (unpaired) electrons. The molecule has 40 heavy (non-hydrogen) atoms. The predicted octanol–water partition coefficient (Wildman–Crippen LogP) is 8.40. The molecule has 1 N–H and O–H groups in total. The number of alkyl halides is 3. The van der Waals surface area contributed by atoms with Gasteiger partial charge in [-0.25, -0.2) is 22.9 Å². The molecule has 0 bridgehead atoms. The highest BCUT2D eigenvalue weighted by molar-refractivity contribution is 7.99. The summed E-state index contributed by atoms with van der Waals surface area (Å²) in [5.74, 6) is -4.95. The highest BCUT2D eigenvalue weighted by Gasteiger charge is 2.30. The molecular formula is C28H21F6NO3S2. The fourth-order valence-corrected chi connectivity index (χ4v) is 6.51. The number of thiazole rings is 1. The zero-order valence-corrected chi connectivity index (χ0v) is 22.6. The highest BCUT2D eigenvalue weighted by Crippen LogP contribution is 2.45. The van der Waals surface area contributed by atoms with Crippen LogP contribution in [0.1, 0.15) is 32.5 Å². The largest absolute Gasteiger partial charge is 0.482 e. The minimum absolute atomic E-state index is 0.0422. The van der Waals surface area contributed by atoms with E-state index in [0.717, 1.165) is 18.2 Å². The molecule has 1 heterocycles. The van der Waals surface area contributed by atoms with Crippen LogP contribution in [0.5, 0.6) is 5.75 Å². The molecule has 0 amide bonds. The molecule has 4 aromatic rings. The van der Waals surface area contributed by atoms with E-state index >= 15 is 0 Å². The second-order valence-corrected chi connectivity index (χ2v) is 11.1. The Morgan fingerprint density at radius 3 is 2.35 bits per heavy atom. The topological polar surface area (TPSA) is 59.4 Å². The van der Waals surface area contributed by atoms with Crippen molar-refractivity contribution in [3.05, 3.63) is 99.3 Å². The van der Waals surface area contributed by atoms with Crippen LogP contribution in [0.4, 0.5) is 26.3 Å². The van der Waals surface area contributed by atoms with Gasteiger partial charge in [0.05, 0.1) is 11.3 Å². The molecule has 12 heteroatoms. The summed E-state index contributed by atoms with van der Waals surface area (Å²) >= 11 is 2.51. The van der Waals surface area contributed by atoms with Crippen molar-refractivity contribution in [2.24, 2.45) is 0 Å². The third-order valence-electron chi connectivity index (χ3n) is 5.88. The van der Waals surface area contributed by atoms with Crippen molar-refractivity contribution in [3.63, 3.8) is 0 Å². The van der Waals surface area contributed by atoms with Crippen molar-refractivity contribution in [1.82, 2.24) is 4.98 Å². The van der Waals surface area contributed by atoms with Crippen molar-refractivity contribution >= 4 is 29.1 Å². The molecule has 4 nitrogen and oxygen atoms in total. The summed E-state index contributed by atoms with van der Waals surface area (Å²) in [7, 11) is 0. The number of rotatable bonds is 9. The van der Waals surface area contributed by atoms with Crippen LogP contribution in [-0.2, 0) is 17.4 Å². The van der Waals surface area contributed by atoms with Crippen LogP contribution in [0.3, 0.4) is 0 Å². The quantitative estimate of drug-likeness (QED) is 0.119. The molecule has 3 aromatic carbocycles. The Bertz CT molecular complexity index is 1540. The second-order valence-electron chi connectivity index (χ2n) is 8.80. The van der Waals surface area contributed by atoms with Crippen LogP contribution in [0.25, 0.3) is 10.6 Å². The standard InChI is InChI=1S/C28H21F6NO3S2/c1-14-11-19(8-10-21(14)38-13-23(36)37)39-22(12-17-5-9-20(29)25(31)24(17)30)26-15(2)35-27(40-26)16-3-6-18(7-4-16)28(32,33)34/h3-11,22H,12-13H2,1-2H3,(H,36,37). The molecule has 0 spiro atoms. The molecule has 0 aliphatic heterocycles. The lowest BCUT2D eigenvalue weighted by atomic mass is 10.1. The number of hydrogen-bond donors (Lipinski definition) is 1. The van der Waals surface area contributed by atoms with Crippen molar-refractivity contribution in [1.29, 1.82) is 0 Å². The first-order chi connectivity index (χ1) is 18.8. The van der Waals surface area contributed by atoms with Crippen LogP contribution in [-0.4, -0.2) is 22.7 Å². The summed E-state index contributed by atoms with van der Waals surface area (Å²) < 4.78 is 86.5. The van der Waals surface area contributed by atoms with Gasteiger partial charge >= 0.3 is 12.1 Å². The van der Waals surface area contributed by atoms with Gasteiger partial charge in [-0.15, -0.1) is 23.1 Å². The summed E-state index contributed by atoms with van der Waals surface area (Å²) in [6.07, 6.45) is -4.52. The molecule has 0 saturated carbocycles. The first-order valence-corrected chi connectivity index (χ1v) is 13.4. The molecule has 1 aromatic heterocycles. The Morgan fingerprint density at radius 2 is 1.73 bits per heavy atom. The minimum Gasteiger partial charge on any atom is -0.482 e. The summed E-state index contributed by atoms with van der Waals surface area (Å²) in [5.41, 5.74) is 0.816. The molecule has 1 unspecified atom stereocenters. The van der Waals surface area contributed by atoms with E-state index in [2.05, 4.69) is 4.98 Å². The number of aryl methyl sites for hydroxylation is 2. The maximum atomic E-state index is 14.7. The summed E-state index contributed by atoms with van der Waals surface area (Å²) in [5, 5.41) is 8.77. The van der Waals surface area contributed by atoms with Crippen LogP contribution < -0.4 is 4.74 Å². The second kappa shape index (κ2) is 11.9. The third kappa shape index (κ3) is 6.79. The fourth-order valence-electron chi connectivity index (χ4n) is 3.90. The van der Waals surface area contributed by atoms with Crippen LogP contribution in [0, 0.1) is 31.3 Å². The third-order valence-corrected chi connectivity index (χ3v) is 8.56. The lowest BCUT2D eigenvalue weighted by Gasteiger charge is -2.18. The molecule has 4 rings (SSSR count). The van der Waals surface area contributed by atoms with Gasteiger partial charge in [0.25, 0.3) is 0 Å². The number of nitrogens with zero attached hydrogens (tertiary/aromatic N) is 1. The number of halogens is 6. The van der Waals surface area contributed by atoms with E-state index < -0.39 is 47.0 Å². The van der Waals surface area contributed by atoms with Crippen LogP contribution >= 0.6 is 23.1 Å². The van der Waals surface area contributed by atoms with Crippen molar-refractivity contribution in [2.75, 3.05) is 6.61 Å². The van der Waals surface area contributed by atoms with E-state index in [9.17, 15) is 31.1 Å². The molecule has 210 valence electrons. The Morgan fingerprint density at radius 1 is 1.02 bits per heavy atom. The number of ether oxygens (including phenoxy) is 1. The fraction of sp³-hybridized carbons (Fsp3) is 0.214. The van der Waals surface area contributed by atoms with Gasteiger partial charge in [-0.2, -0.15) is 13.2 Å². The van der Waals surface area contributed by atoms with Gasteiger partial charge in [-0.1, -0.05) is 18.2 Å². The normalized spacial score (nSPS) is 12.4. The van der Waals surface area contributed by atoms with E-state index in [0.29, 0.717) is 37.4 Å². The molecule has 0 saturated heterocycles. The lowest BCUT2D eigenvalue weighted by molar-refractivity contribution is -0.139. The number of carbonyl (C=O) groups is 1. The number of benzene rings is 3. The van der Waals surface area contributed by atoms with Crippen LogP contribution in [0.2, 0.25) is 0 Å². The maximum Gasteiger partial charge on any atom is 0.416 e. The predicted molar refractivity (Wildman–Crippen MR) is 140 cm³/mol. The summed E-state index contributed by atoms with van der Waals surface area (Å²) in [6.45, 7) is 2.92. The van der Waals surface area contributed by atoms with E-state index in [1.54, 1.807) is 32.0 Å². The minimum atomic E-state index is -4.48. The summed E-state index contributed by atoms with van der Waals surface area (Å²) in [6, 6.07) is 11.6. The van der Waals surface area contributed by atoms with Gasteiger partial charge in [-0.3, -0.25) is 0 Å². The highest BCUT2D eigenvalue weighted by atomic mass is 32.2. The Labute approximate surface area is 233 Å². The van der Waals surface area contributed by atoms with E-state index in [1.165, 1.54) is 41.3 Å². The molecule has 1 atom stereocenters. The van der Waals surface area contributed by atoms with Crippen LogP contribution in [0.15, 0.2) is 59.5 Å². The maximum absolute atomic E-state index is 14.7. The van der Waals surface area contributed by atoms with Gasteiger partial charge in [-0.05, 0) is 67.8 Å². The van der Waals surface area contributed by atoms with E-state index in [-0.39, 0.29) is 12.0 Å². The number of aliphatic carboxylic acids is 1. The zero-order chi connectivity index (χ0) is 29.2. The van der Waals surface area contributed by atoms with Gasteiger partial charge in [0.15, 0.2) is 24.1 Å². The average Bonchev–Trinajstić information content (AvgIpc) is 3.29. The first kappa shape index (κ1) is 29.5. The molecular weight excluding hydrogens is 576 g/mol. The summed E-state index contributed by atoms with van der Waals surface area (Å²) in [4.78, 5) is 16.7. The SMILES string of the molecule is Cc1cc(SC(Cc2ccc(F)c(F)c2F)c2sc(-c3ccc(C(F)(F)F)cc3)nc2C)ccc1OCC(=O)O. The lowest BCUT2D eigenvalue weighted by Crippen LogP contribution is -2.10. The Balaban J connectivity index is 1.69. The number of carboxylic acid groups (broad SMARTS) is 1. The van der Waals surface area contributed by atoms with Gasteiger partial charge in [0, 0.05) is 20.6 Å². The van der Waals surface area contributed by atoms with Crippen molar-refractivity contribution < 1.29 is 41.0 Å². The monoisotopic (exact) mass is 597 g/mol. The Kier molecular flexibility index (Phi) is 8.79. The van der Waals surface area contributed by atoms with Gasteiger partial charge < -0.3 is 9.84 Å². The van der Waals surface area contributed by atoms with Gasteiger partial charge in [0.1, 0.15) is 10.8 Å². The van der Waals surface area contributed by atoms with Gasteiger partial charge in [0.2, 0.25) is 0 Å².